The molecule has 1 heterocycles. The normalized spacial score (nSPS) is 10.3. The van der Waals surface area contributed by atoms with Crippen molar-refractivity contribution < 1.29 is 9.90 Å². The SMILES string of the molecule is CCCN(CCO)C(=O)c1[nH]ncc1N. The van der Waals surface area contributed by atoms with E-state index >= 15 is 0 Å². The Balaban J connectivity index is 2.76. The average Bonchev–Trinajstić information content (AvgIpc) is 2.63. The Morgan fingerprint density at radius 3 is 2.87 bits per heavy atom. The van der Waals surface area contributed by atoms with Crippen molar-refractivity contribution in [1.29, 1.82) is 0 Å². The summed E-state index contributed by atoms with van der Waals surface area (Å²) in [7, 11) is 0. The molecule has 0 aromatic carbocycles. The van der Waals surface area contributed by atoms with Gasteiger partial charge in [0.2, 0.25) is 0 Å². The van der Waals surface area contributed by atoms with E-state index in [1.807, 2.05) is 6.92 Å². The van der Waals surface area contributed by atoms with Crippen LogP contribution in [-0.2, 0) is 0 Å². The number of anilines is 1. The number of aliphatic hydroxyl groups excluding tert-OH is 1. The third kappa shape index (κ3) is 2.69. The molecule has 0 atom stereocenters. The average molecular weight is 212 g/mol. The van der Waals surface area contributed by atoms with Gasteiger partial charge >= 0.3 is 0 Å². The number of nitrogens with zero attached hydrogens (tertiary/aromatic N) is 2. The summed E-state index contributed by atoms with van der Waals surface area (Å²) in [6.45, 7) is 2.82. The highest BCUT2D eigenvalue weighted by atomic mass is 16.3. The molecular formula is C9H16N4O2. The predicted molar refractivity (Wildman–Crippen MR) is 56.3 cm³/mol. The number of amides is 1. The fourth-order valence-electron chi connectivity index (χ4n) is 1.33. The molecular weight excluding hydrogens is 196 g/mol. The van der Waals surface area contributed by atoms with Crippen LogP contribution in [0.1, 0.15) is 23.8 Å². The van der Waals surface area contributed by atoms with Gasteiger partial charge in [-0.05, 0) is 6.42 Å². The maximum absolute atomic E-state index is 11.9. The lowest BCUT2D eigenvalue weighted by Crippen LogP contribution is -2.34. The lowest BCUT2D eigenvalue weighted by atomic mass is 10.3. The topological polar surface area (TPSA) is 95.2 Å². The van der Waals surface area contributed by atoms with E-state index in [4.69, 9.17) is 10.8 Å². The van der Waals surface area contributed by atoms with Crippen molar-refractivity contribution >= 4 is 11.6 Å². The molecule has 0 unspecified atom stereocenters. The maximum atomic E-state index is 11.9. The van der Waals surface area contributed by atoms with Crippen LogP contribution in [0.4, 0.5) is 5.69 Å². The summed E-state index contributed by atoms with van der Waals surface area (Å²) in [5, 5.41) is 15.1. The molecule has 1 aromatic rings. The van der Waals surface area contributed by atoms with Gasteiger partial charge < -0.3 is 15.7 Å². The van der Waals surface area contributed by atoms with E-state index in [1.54, 1.807) is 4.90 Å². The number of rotatable bonds is 5. The van der Waals surface area contributed by atoms with Gasteiger partial charge in [0.15, 0.2) is 0 Å². The van der Waals surface area contributed by atoms with Crippen LogP contribution >= 0.6 is 0 Å². The summed E-state index contributed by atoms with van der Waals surface area (Å²) in [5.74, 6) is -0.221. The molecule has 0 saturated carbocycles. The highest BCUT2D eigenvalue weighted by Gasteiger charge is 2.18. The molecule has 0 bridgehead atoms. The number of aromatic nitrogens is 2. The van der Waals surface area contributed by atoms with E-state index in [-0.39, 0.29) is 18.2 Å². The van der Waals surface area contributed by atoms with Crippen molar-refractivity contribution in [3.8, 4) is 0 Å². The first-order valence-corrected chi connectivity index (χ1v) is 4.89. The van der Waals surface area contributed by atoms with Crippen molar-refractivity contribution in [2.75, 3.05) is 25.4 Å². The molecule has 6 heteroatoms. The molecule has 15 heavy (non-hydrogen) atoms. The number of aliphatic hydroxyl groups is 1. The van der Waals surface area contributed by atoms with Crippen molar-refractivity contribution in [1.82, 2.24) is 15.1 Å². The summed E-state index contributed by atoms with van der Waals surface area (Å²) >= 11 is 0. The number of nitrogens with one attached hydrogen (secondary N) is 1. The molecule has 0 spiro atoms. The molecule has 0 saturated heterocycles. The Bertz CT molecular complexity index is 318. The van der Waals surface area contributed by atoms with E-state index in [0.29, 0.717) is 18.8 Å². The molecule has 0 aliphatic carbocycles. The zero-order chi connectivity index (χ0) is 11.3. The highest BCUT2D eigenvalue weighted by molar-refractivity contribution is 5.96. The Labute approximate surface area is 88.1 Å². The molecule has 4 N–H and O–H groups in total. The summed E-state index contributed by atoms with van der Waals surface area (Å²) < 4.78 is 0. The minimum Gasteiger partial charge on any atom is -0.396 e. The van der Waals surface area contributed by atoms with Crippen LogP contribution in [-0.4, -0.2) is 45.8 Å². The van der Waals surface area contributed by atoms with Crippen LogP contribution in [0.2, 0.25) is 0 Å². The Morgan fingerprint density at radius 2 is 2.40 bits per heavy atom. The molecule has 84 valence electrons. The standard InChI is InChI=1S/C9H16N4O2/c1-2-3-13(4-5-14)9(15)8-7(10)6-11-12-8/h6,14H,2-5,10H2,1H3,(H,11,12). The maximum Gasteiger partial charge on any atom is 0.274 e. The fraction of sp³-hybridized carbons (Fsp3) is 0.556. The minimum absolute atomic E-state index is 0.0558. The van der Waals surface area contributed by atoms with Gasteiger partial charge in [-0.15, -0.1) is 0 Å². The number of aromatic amines is 1. The van der Waals surface area contributed by atoms with Gasteiger partial charge in [-0.3, -0.25) is 9.89 Å². The predicted octanol–water partition coefficient (Wildman–Crippen LogP) is -0.164. The number of hydrogen-bond acceptors (Lipinski definition) is 4. The van der Waals surface area contributed by atoms with Crippen molar-refractivity contribution in [3.63, 3.8) is 0 Å². The number of nitrogen functional groups attached to an aromatic ring is 1. The molecule has 1 rings (SSSR count). The lowest BCUT2D eigenvalue weighted by Gasteiger charge is -2.20. The van der Waals surface area contributed by atoms with Crippen molar-refractivity contribution in [2.45, 2.75) is 13.3 Å². The van der Waals surface area contributed by atoms with Crippen LogP contribution in [0.15, 0.2) is 6.20 Å². The van der Waals surface area contributed by atoms with Gasteiger partial charge in [0.05, 0.1) is 18.5 Å². The van der Waals surface area contributed by atoms with Gasteiger partial charge in [-0.2, -0.15) is 5.10 Å². The monoisotopic (exact) mass is 212 g/mol. The third-order valence-electron chi connectivity index (χ3n) is 2.03. The first-order valence-electron chi connectivity index (χ1n) is 4.89. The summed E-state index contributed by atoms with van der Waals surface area (Å²) in [6, 6.07) is 0. The number of H-pyrrole nitrogens is 1. The Morgan fingerprint density at radius 1 is 1.67 bits per heavy atom. The van der Waals surface area contributed by atoms with Crippen LogP contribution in [0, 0.1) is 0 Å². The van der Waals surface area contributed by atoms with Gasteiger partial charge in [-0.25, -0.2) is 0 Å². The largest absolute Gasteiger partial charge is 0.396 e. The smallest absolute Gasteiger partial charge is 0.274 e. The van der Waals surface area contributed by atoms with Gasteiger partial charge in [0, 0.05) is 13.1 Å². The van der Waals surface area contributed by atoms with Gasteiger partial charge in [0.1, 0.15) is 5.69 Å². The Hall–Kier alpha value is -1.56. The zero-order valence-electron chi connectivity index (χ0n) is 8.73. The second kappa shape index (κ2) is 5.35. The van der Waals surface area contributed by atoms with Crippen molar-refractivity contribution in [2.24, 2.45) is 0 Å². The number of hydrogen-bond donors (Lipinski definition) is 3. The van der Waals surface area contributed by atoms with Crippen molar-refractivity contribution in [3.05, 3.63) is 11.9 Å². The first kappa shape index (κ1) is 11.5. The zero-order valence-corrected chi connectivity index (χ0v) is 8.73. The molecule has 1 aromatic heterocycles. The van der Waals surface area contributed by atoms with E-state index in [9.17, 15) is 4.79 Å². The number of nitrogens with two attached hydrogens (primary N) is 1. The lowest BCUT2D eigenvalue weighted by molar-refractivity contribution is 0.0717. The molecule has 0 fully saturated rings. The van der Waals surface area contributed by atoms with Crippen LogP contribution in [0.5, 0.6) is 0 Å². The highest BCUT2D eigenvalue weighted by Crippen LogP contribution is 2.09. The number of carbonyl (C=O) groups excluding carboxylic acids is 1. The van der Waals surface area contributed by atoms with Crippen LogP contribution in [0.25, 0.3) is 0 Å². The summed E-state index contributed by atoms with van der Waals surface area (Å²) in [6.07, 6.45) is 2.23. The second-order valence-corrected chi connectivity index (χ2v) is 3.22. The second-order valence-electron chi connectivity index (χ2n) is 3.22. The van der Waals surface area contributed by atoms with Gasteiger partial charge in [-0.1, -0.05) is 6.92 Å². The van der Waals surface area contributed by atoms with E-state index in [2.05, 4.69) is 10.2 Å². The molecule has 0 aliphatic rings. The quantitative estimate of drug-likeness (QED) is 0.631. The molecule has 0 aliphatic heterocycles. The van der Waals surface area contributed by atoms with E-state index in [1.165, 1.54) is 6.20 Å². The minimum atomic E-state index is -0.221. The molecule has 6 nitrogen and oxygen atoms in total. The first-order chi connectivity index (χ1) is 7.20. The number of carbonyl (C=O) groups is 1. The van der Waals surface area contributed by atoms with Crippen LogP contribution in [0.3, 0.4) is 0 Å². The summed E-state index contributed by atoms with van der Waals surface area (Å²) in [4.78, 5) is 13.4. The van der Waals surface area contributed by atoms with E-state index in [0.717, 1.165) is 6.42 Å². The summed E-state index contributed by atoms with van der Waals surface area (Å²) in [5.41, 5.74) is 6.19. The molecule has 0 radical (unpaired) electrons. The van der Waals surface area contributed by atoms with Crippen LogP contribution < -0.4 is 5.73 Å². The molecule has 1 amide bonds. The Kier molecular flexibility index (Phi) is 4.11. The van der Waals surface area contributed by atoms with E-state index < -0.39 is 0 Å². The third-order valence-corrected chi connectivity index (χ3v) is 2.03. The van der Waals surface area contributed by atoms with Gasteiger partial charge in [0.25, 0.3) is 5.91 Å². The fourth-order valence-corrected chi connectivity index (χ4v) is 1.33.